The minimum absolute atomic E-state index is 0.0514. The molecule has 0 aliphatic heterocycles. The molecule has 0 spiro atoms. The van der Waals surface area contributed by atoms with Crippen LogP contribution in [0.2, 0.25) is 0 Å². The van der Waals surface area contributed by atoms with Crippen LogP contribution in [0.15, 0.2) is 34.2 Å². The Kier molecular flexibility index (Phi) is 4.30. The molecule has 0 unspecified atom stereocenters. The molecule has 0 aromatic carbocycles. The van der Waals surface area contributed by atoms with Gasteiger partial charge in [0.05, 0.1) is 0 Å². The Morgan fingerprint density at radius 2 is 2.25 bits per heavy atom. The van der Waals surface area contributed by atoms with Crippen molar-refractivity contribution in [1.29, 1.82) is 0 Å². The first kappa shape index (κ1) is 12.5. The van der Waals surface area contributed by atoms with Gasteiger partial charge in [0.1, 0.15) is 6.54 Å². The number of pyridine rings is 1. The van der Waals surface area contributed by atoms with Crippen LogP contribution in [0.5, 0.6) is 0 Å². The Labute approximate surface area is 101 Å². The molecule has 0 aliphatic rings. The predicted molar refractivity (Wildman–Crippen MR) is 66.2 cm³/mol. The number of aromatic nitrogens is 1. The molecule has 0 atom stereocenters. The normalized spacial score (nSPS) is 9.81. The number of halogens is 1. The lowest BCUT2D eigenvalue weighted by Gasteiger charge is -2.07. The van der Waals surface area contributed by atoms with E-state index in [9.17, 15) is 9.59 Å². The number of hydrogen-bond donors (Lipinski definition) is 2. The third kappa shape index (κ3) is 3.90. The van der Waals surface area contributed by atoms with Crippen LogP contribution >= 0.6 is 15.9 Å². The maximum absolute atomic E-state index is 11.4. The van der Waals surface area contributed by atoms with Crippen LogP contribution in [0.3, 0.4) is 0 Å². The van der Waals surface area contributed by atoms with Crippen LogP contribution in [0.4, 0.5) is 5.69 Å². The van der Waals surface area contributed by atoms with Crippen molar-refractivity contribution in [3.8, 4) is 0 Å². The SMILES string of the molecule is C=C(Br)CNC(=O)Cn1cc(N)ccc1=O. The Morgan fingerprint density at radius 3 is 2.88 bits per heavy atom. The predicted octanol–water partition coefficient (Wildman–Crippen LogP) is 0.455. The molecule has 86 valence electrons. The highest BCUT2D eigenvalue weighted by Gasteiger charge is 2.04. The van der Waals surface area contributed by atoms with Gasteiger partial charge in [0, 0.05) is 29.0 Å². The van der Waals surface area contributed by atoms with Crippen molar-refractivity contribution < 1.29 is 4.79 Å². The van der Waals surface area contributed by atoms with Crippen LogP contribution in [0.25, 0.3) is 0 Å². The fraction of sp³-hybridized carbons (Fsp3) is 0.200. The Hall–Kier alpha value is -1.56. The summed E-state index contributed by atoms with van der Waals surface area (Å²) in [5.41, 5.74) is 5.69. The van der Waals surface area contributed by atoms with Crippen LogP contribution < -0.4 is 16.6 Å². The summed E-state index contributed by atoms with van der Waals surface area (Å²) in [4.78, 5) is 22.8. The van der Waals surface area contributed by atoms with Crippen molar-refractivity contribution in [2.45, 2.75) is 6.54 Å². The summed E-state index contributed by atoms with van der Waals surface area (Å²) in [6.45, 7) is 3.86. The van der Waals surface area contributed by atoms with E-state index < -0.39 is 0 Å². The van der Waals surface area contributed by atoms with Gasteiger partial charge in [-0.05, 0) is 6.07 Å². The molecule has 0 aliphatic carbocycles. The van der Waals surface area contributed by atoms with Gasteiger partial charge < -0.3 is 15.6 Å². The molecule has 0 saturated carbocycles. The average Bonchev–Trinajstić information content (AvgIpc) is 2.20. The number of carbonyl (C=O) groups is 1. The van der Waals surface area contributed by atoms with Gasteiger partial charge >= 0.3 is 0 Å². The smallest absolute Gasteiger partial charge is 0.251 e. The van der Waals surface area contributed by atoms with Gasteiger partial charge in [-0.25, -0.2) is 0 Å². The second-order valence-corrected chi connectivity index (χ2v) is 4.34. The van der Waals surface area contributed by atoms with E-state index >= 15 is 0 Å². The summed E-state index contributed by atoms with van der Waals surface area (Å²) in [6, 6.07) is 2.82. The first-order chi connectivity index (χ1) is 7.49. The molecule has 16 heavy (non-hydrogen) atoms. The van der Waals surface area contributed by atoms with E-state index in [2.05, 4.69) is 27.8 Å². The summed E-state index contributed by atoms with van der Waals surface area (Å²) in [6.07, 6.45) is 1.44. The Balaban J connectivity index is 2.66. The molecule has 1 amide bonds. The molecule has 1 aromatic heterocycles. The van der Waals surface area contributed by atoms with Crippen molar-refractivity contribution in [1.82, 2.24) is 9.88 Å². The summed E-state index contributed by atoms with van der Waals surface area (Å²) < 4.78 is 1.92. The number of carbonyl (C=O) groups excluding carboxylic acids is 1. The second kappa shape index (κ2) is 5.50. The van der Waals surface area contributed by atoms with Gasteiger partial charge in [0.15, 0.2) is 0 Å². The van der Waals surface area contributed by atoms with Gasteiger partial charge in [-0.3, -0.25) is 9.59 Å². The number of rotatable bonds is 4. The first-order valence-corrected chi connectivity index (χ1v) is 5.34. The molecule has 1 rings (SSSR count). The molecule has 0 fully saturated rings. The molecule has 0 saturated heterocycles. The van der Waals surface area contributed by atoms with E-state index in [0.717, 1.165) is 0 Å². The first-order valence-electron chi connectivity index (χ1n) is 4.55. The third-order valence-electron chi connectivity index (χ3n) is 1.80. The average molecular weight is 286 g/mol. The zero-order chi connectivity index (χ0) is 12.1. The van der Waals surface area contributed by atoms with E-state index in [4.69, 9.17) is 5.73 Å². The number of nitrogen functional groups attached to an aromatic ring is 1. The number of nitrogens with one attached hydrogen (secondary N) is 1. The zero-order valence-corrected chi connectivity index (χ0v) is 10.2. The highest BCUT2D eigenvalue weighted by atomic mass is 79.9. The van der Waals surface area contributed by atoms with Crippen molar-refractivity contribution in [3.63, 3.8) is 0 Å². The number of nitrogens with zero attached hydrogens (tertiary/aromatic N) is 1. The van der Waals surface area contributed by atoms with E-state index in [0.29, 0.717) is 16.7 Å². The largest absolute Gasteiger partial charge is 0.398 e. The van der Waals surface area contributed by atoms with Gasteiger partial charge in [-0.15, -0.1) is 0 Å². The molecule has 1 aromatic rings. The summed E-state index contributed by atoms with van der Waals surface area (Å²) in [7, 11) is 0. The minimum Gasteiger partial charge on any atom is -0.398 e. The minimum atomic E-state index is -0.270. The quantitative estimate of drug-likeness (QED) is 0.844. The second-order valence-electron chi connectivity index (χ2n) is 3.22. The molecular formula is C10H12BrN3O2. The maximum atomic E-state index is 11.4. The van der Waals surface area contributed by atoms with E-state index in [1.54, 1.807) is 0 Å². The molecular weight excluding hydrogens is 274 g/mol. The van der Waals surface area contributed by atoms with Gasteiger partial charge in [0.2, 0.25) is 5.91 Å². The highest BCUT2D eigenvalue weighted by Crippen LogP contribution is 1.98. The molecule has 3 N–H and O–H groups in total. The number of anilines is 1. The fourth-order valence-corrected chi connectivity index (χ4v) is 1.22. The number of hydrogen-bond acceptors (Lipinski definition) is 3. The fourth-order valence-electron chi connectivity index (χ4n) is 1.08. The highest BCUT2D eigenvalue weighted by molar-refractivity contribution is 9.11. The van der Waals surface area contributed by atoms with Crippen molar-refractivity contribution in [3.05, 3.63) is 39.7 Å². The van der Waals surface area contributed by atoms with Crippen LogP contribution in [-0.2, 0) is 11.3 Å². The van der Waals surface area contributed by atoms with E-state index in [1.807, 2.05) is 0 Å². The molecule has 0 bridgehead atoms. The Morgan fingerprint density at radius 1 is 1.56 bits per heavy atom. The van der Waals surface area contributed by atoms with Gasteiger partial charge in [-0.2, -0.15) is 0 Å². The van der Waals surface area contributed by atoms with E-state index in [1.165, 1.54) is 22.9 Å². The van der Waals surface area contributed by atoms with Crippen molar-refractivity contribution >= 4 is 27.5 Å². The summed E-state index contributed by atoms with van der Waals surface area (Å²) in [5.74, 6) is -0.270. The summed E-state index contributed by atoms with van der Waals surface area (Å²) in [5, 5.41) is 2.59. The molecule has 0 radical (unpaired) electrons. The maximum Gasteiger partial charge on any atom is 0.251 e. The lowest BCUT2D eigenvalue weighted by molar-refractivity contribution is -0.121. The molecule has 6 heteroatoms. The van der Waals surface area contributed by atoms with Gasteiger partial charge in [0.25, 0.3) is 5.56 Å². The van der Waals surface area contributed by atoms with Gasteiger partial charge in [-0.1, -0.05) is 22.5 Å². The van der Waals surface area contributed by atoms with Crippen LogP contribution in [0.1, 0.15) is 0 Å². The third-order valence-corrected chi connectivity index (χ3v) is 2.08. The van der Waals surface area contributed by atoms with Crippen molar-refractivity contribution in [2.24, 2.45) is 0 Å². The molecule has 1 heterocycles. The topological polar surface area (TPSA) is 77.1 Å². The van der Waals surface area contributed by atoms with Crippen molar-refractivity contribution in [2.75, 3.05) is 12.3 Å². The number of amides is 1. The van der Waals surface area contributed by atoms with E-state index in [-0.39, 0.29) is 18.0 Å². The Bertz CT molecular complexity index is 467. The zero-order valence-electron chi connectivity index (χ0n) is 8.57. The molecule has 5 nitrogen and oxygen atoms in total. The van der Waals surface area contributed by atoms with Crippen LogP contribution in [0, 0.1) is 0 Å². The number of nitrogens with two attached hydrogens (primary N) is 1. The summed E-state index contributed by atoms with van der Waals surface area (Å²) >= 11 is 3.12. The lowest BCUT2D eigenvalue weighted by Crippen LogP contribution is -2.32. The monoisotopic (exact) mass is 285 g/mol. The standard InChI is InChI=1S/C10H12BrN3O2/c1-7(11)4-13-9(15)6-14-5-8(12)2-3-10(14)16/h2-3,5H,1,4,6,12H2,(H,13,15). The van der Waals surface area contributed by atoms with Crippen LogP contribution in [-0.4, -0.2) is 17.0 Å². The lowest BCUT2D eigenvalue weighted by atomic mass is 10.4.